The van der Waals surface area contributed by atoms with E-state index in [0.717, 1.165) is 20.3 Å². The maximum absolute atomic E-state index is 12.9. The summed E-state index contributed by atoms with van der Waals surface area (Å²) in [5.74, 6) is 0.620. The Hall–Kier alpha value is -1.95. The van der Waals surface area contributed by atoms with Crippen LogP contribution in [0.1, 0.15) is 29.0 Å². The summed E-state index contributed by atoms with van der Waals surface area (Å²) in [5.41, 5.74) is 1.58. The zero-order valence-corrected chi connectivity index (χ0v) is 20.6. The minimum absolute atomic E-state index is 0.0151. The summed E-state index contributed by atoms with van der Waals surface area (Å²) in [6.45, 7) is 6.20. The number of halogens is 1. The molecule has 174 valence electrons. The second-order valence-electron chi connectivity index (χ2n) is 7.23. The Morgan fingerprint density at radius 2 is 1.88 bits per heavy atom. The summed E-state index contributed by atoms with van der Waals surface area (Å²) >= 11 is 2.95. The van der Waals surface area contributed by atoms with E-state index in [4.69, 9.17) is 4.74 Å². The van der Waals surface area contributed by atoms with Crippen LogP contribution in [0.5, 0.6) is 0 Å². The van der Waals surface area contributed by atoms with Crippen LogP contribution in [0.4, 0.5) is 10.2 Å². The molecule has 2 aliphatic heterocycles. The van der Waals surface area contributed by atoms with Crippen LogP contribution < -0.4 is 10.4 Å². The average Bonchev–Trinajstić information content (AvgIpc) is 3.06. The lowest BCUT2D eigenvalue weighted by molar-refractivity contribution is 0.144. The van der Waals surface area contributed by atoms with Crippen molar-refractivity contribution in [2.24, 2.45) is 0 Å². The highest BCUT2D eigenvalue weighted by Crippen LogP contribution is 2.38. The van der Waals surface area contributed by atoms with Gasteiger partial charge in [-0.05, 0) is 45.7 Å². The number of unbranched alkanes of at least 4 members (excludes halogenated alkanes) is 1. The van der Waals surface area contributed by atoms with Crippen LogP contribution >= 0.6 is 23.1 Å². The first-order valence-corrected chi connectivity index (χ1v) is 13.4. The monoisotopic (exact) mass is 499 g/mol. The predicted octanol–water partition coefficient (Wildman–Crippen LogP) is 4.32. The number of anilines is 1. The van der Waals surface area contributed by atoms with Gasteiger partial charge in [-0.2, -0.15) is 4.98 Å². The van der Waals surface area contributed by atoms with Gasteiger partial charge in [-0.3, -0.25) is 13.7 Å². The van der Waals surface area contributed by atoms with E-state index in [1.54, 1.807) is 12.1 Å². The van der Waals surface area contributed by atoms with E-state index < -0.39 is 15.7 Å². The van der Waals surface area contributed by atoms with Crippen LogP contribution in [-0.2, 0) is 14.8 Å². The third kappa shape index (κ3) is 5.69. The van der Waals surface area contributed by atoms with Gasteiger partial charge in [0, 0.05) is 22.9 Å². The lowest BCUT2D eigenvalue weighted by Gasteiger charge is -2.16. The number of aromatic nitrogens is 2. The maximum Gasteiger partial charge on any atom is 0.354 e. The van der Waals surface area contributed by atoms with E-state index in [1.165, 1.54) is 39.8 Å². The van der Waals surface area contributed by atoms with Crippen molar-refractivity contribution in [2.75, 3.05) is 30.4 Å². The molecule has 2 heterocycles. The van der Waals surface area contributed by atoms with Gasteiger partial charge in [0.25, 0.3) is 10.0 Å². The first kappa shape index (κ1) is 24.7. The van der Waals surface area contributed by atoms with Gasteiger partial charge in [0.15, 0.2) is 5.82 Å². The summed E-state index contributed by atoms with van der Waals surface area (Å²) in [5, 5.41) is 0. The van der Waals surface area contributed by atoms with Crippen molar-refractivity contribution in [3.63, 3.8) is 0 Å². The van der Waals surface area contributed by atoms with E-state index in [9.17, 15) is 17.6 Å². The number of alkyl halides is 1. The summed E-state index contributed by atoms with van der Waals surface area (Å²) in [7, 11) is -3.91. The Labute approximate surface area is 195 Å². The molecule has 0 saturated carbocycles. The zero-order chi connectivity index (χ0) is 23.3. The van der Waals surface area contributed by atoms with Crippen LogP contribution in [0.25, 0.3) is 5.69 Å². The van der Waals surface area contributed by atoms with E-state index in [-0.39, 0.29) is 17.4 Å². The van der Waals surface area contributed by atoms with Gasteiger partial charge in [0.1, 0.15) is 5.69 Å². The smallest absolute Gasteiger partial charge is 0.354 e. The number of thioether (sulfide) groups is 1. The number of nitrogens with one attached hydrogen (secondary N) is 1. The van der Waals surface area contributed by atoms with Crippen molar-refractivity contribution in [2.45, 2.75) is 42.7 Å². The fraction of sp³-hybridized carbons (Fsp3) is 0.429. The predicted molar refractivity (Wildman–Crippen MR) is 127 cm³/mol. The number of sulfonamides is 1. The normalized spacial score (nSPS) is 11.9. The van der Waals surface area contributed by atoms with E-state index >= 15 is 0 Å². The Balaban J connectivity index is 1.87. The molecule has 0 saturated heterocycles. The fourth-order valence-corrected chi connectivity index (χ4v) is 6.37. The van der Waals surface area contributed by atoms with Crippen LogP contribution in [-0.4, -0.2) is 43.6 Å². The third-order valence-electron chi connectivity index (χ3n) is 4.83. The largest absolute Gasteiger partial charge is 0.381 e. The molecular formula is C21H26FN3O4S3. The topological polar surface area (TPSA) is 90.3 Å². The van der Waals surface area contributed by atoms with Crippen LogP contribution in [0.2, 0.25) is 0 Å². The van der Waals surface area contributed by atoms with Gasteiger partial charge < -0.3 is 4.74 Å². The summed E-state index contributed by atoms with van der Waals surface area (Å²) in [4.78, 5) is 17.7. The number of imidazole rings is 1. The fourth-order valence-electron chi connectivity index (χ4n) is 2.98. The second kappa shape index (κ2) is 10.8. The molecule has 2 aliphatic rings. The summed E-state index contributed by atoms with van der Waals surface area (Å²) in [6, 6.07) is 6.45. The van der Waals surface area contributed by atoms with Crippen molar-refractivity contribution in [3.05, 3.63) is 50.9 Å². The molecule has 1 aromatic rings. The molecule has 0 aliphatic carbocycles. The van der Waals surface area contributed by atoms with Crippen molar-refractivity contribution >= 4 is 38.9 Å². The molecule has 0 unspecified atom stereocenters. The number of aryl methyl sites for hydroxylation is 2. The van der Waals surface area contributed by atoms with Gasteiger partial charge in [0.2, 0.25) is 0 Å². The van der Waals surface area contributed by atoms with Crippen LogP contribution in [0.15, 0.2) is 38.2 Å². The number of rotatable bonds is 11. The second-order valence-corrected chi connectivity index (χ2v) is 11.5. The molecule has 32 heavy (non-hydrogen) atoms. The van der Waals surface area contributed by atoms with Gasteiger partial charge in [-0.1, -0.05) is 17.7 Å². The minimum Gasteiger partial charge on any atom is -0.381 e. The van der Waals surface area contributed by atoms with Crippen LogP contribution in [0, 0.1) is 20.8 Å². The highest BCUT2D eigenvalue weighted by molar-refractivity contribution is 8.01. The Kier molecular flexibility index (Phi) is 8.32. The average molecular weight is 500 g/mol. The molecular weight excluding hydrogens is 473 g/mol. The molecule has 1 N–H and O–H groups in total. The Morgan fingerprint density at radius 3 is 2.56 bits per heavy atom. The van der Waals surface area contributed by atoms with Crippen molar-refractivity contribution < 1.29 is 17.5 Å². The third-order valence-corrected chi connectivity index (χ3v) is 8.59. The highest BCUT2D eigenvalue weighted by Gasteiger charge is 2.26. The quantitative estimate of drug-likeness (QED) is 0.312. The number of hydrogen-bond donors (Lipinski definition) is 1. The highest BCUT2D eigenvalue weighted by atomic mass is 32.2. The van der Waals surface area contributed by atoms with Gasteiger partial charge >= 0.3 is 5.69 Å². The van der Waals surface area contributed by atoms with Gasteiger partial charge in [-0.25, -0.2) is 13.2 Å². The van der Waals surface area contributed by atoms with Crippen LogP contribution in [0.3, 0.4) is 0 Å². The molecule has 1 aromatic carbocycles. The molecule has 7 nitrogen and oxygen atoms in total. The zero-order valence-electron chi connectivity index (χ0n) is 18.2. The minimum atomic E-state index is -3.91. The SMILES string of the molecule is Cc1ccc(S(=O)(=O)Nc2nc(=O)n3c(C)c(C)sc(SCCOCCCCF)c2-3)cc1. The molecule has 0 aromatic heterocycles. The lowest BCUT2D eigenvalue weighted by atomic mass is 10.2. The molecule has 0 bridgehead atoms. The molecule has 0 spiro atoms. The van der Waals surface area contributed by atoms with Crippen molar-refractivity contribution in [1.82, 2.24) is 9.55 Å². The van der Waals surface area contributed by atoms with Gasteiger partial charge in [0.05, 0.1) is 22.4 Å². The maximum atomic E-state index is 12.9. The van der Waals surface area contributed by atoms with E-state index in [1.807, 2.05) is 20.8 Å². The van der Waals surface area contributed by atoms with Crippen molar-refractivity contribution in [3.8, 4) is 5.69 Å². The lowest BCUT2D eigenvalue weighted by Crippen LogP contribution is -2.17. The number of ether oxygens (including phenoxy) is 1. The number of fused-ring (bicyclic) bond motifs is 1. The number of hydrogen-bond acceptors (Lipinski definition) is 7. The molecule has 3 rings (SSSR count). The number of nitrogens with zero attached hydrogens (tertiary/aromatic N) is 2. The summed E-state index contributed by atoms with van der Waals surface area (Å²) < 4.78 is 48.2. The standard InChI is InChI=1S/C21H26FN3O4S3/c1-14-6-8-17(9-7-14)32(27,28)24-19-18-20(30-13-12-29-11-5-4-10-22)31-16(3)15(2)25(18)21(26)23-19/h6-9H,4-5,10-13H2,1-3H3,(H,23,24,26). The summed E-state index contributed by atoms with van der Waals surface area (Å²) in [6.07, 6.45) is 1.16. The first-order valence-electron chi connectivity index (χ1n) is 10.1. The molecule has 0 fully saturated rings. The van der Waals surface area contributed by atoms with E-state index in [2.05, 4.69) is 9.71 Å². The molecule has 11 heteroatoms. The van der Waals surface area contributed by atoms with Gasteiger partial charge in [-0.15, -0.1) is 23.1 Å². The number of benzene rings is 1. The Morgan fingerprint density at radius 1 is 1.16 bits per heavy atom. The first-order chi connectivity index (χ1) is 15.2. The molecule has 0 radical (unpaired) electrons. The van der Waals surface area contributed by atoms with E-state index in [0.29, 0.717) is 37.5 Å². The molecule has 0 atom stereocenters. The van der Waals surface area contributed by atoms with Crippen molar-refractivity contribution in [1.29, 1.82) is 0 Å². The Bertz CT molecular complexity index is 1190. The molecule has 0 amide bonds.